The summed E-state index contributed by atoms with van der Waals surface area (Å²) in [4.78, 5) is 13.0. The van der Waals surface area contributed by atoms with Crippen LogP contribution in [0.3, 0.4) is 0 Å². The molecule has 4 rings (SSSR count). The van der Waals surface area contributed by atoms with E-state index >= 15 is 0 Å². The highest BCUT2D eigenvalue weighted by Gasteiger charge is 2.54. The van der Waals surface area contributed by atoms with Gasteiger partial charge in [-0.3, -0.25) is 9.48 Å². The van der Waals surface area contributed by atoms with E-state index in [9.17, 15) is 4.79 Å². The van der Waals surface area contributed by atoms with Gasteiger partial charge in [0.25, 0.3) is 5.91 Å². The molecule has 1 aliphatic heterocycles. The third kappa shape index (κ3) is 3.41. The first-order chi connectivity index (χ1) is 13.1. The van der Waals surface area contributed by atoms with E-state index < -0.39 is 0 Å². The van der Waals surface area contributed by atoms with Gasteiger partial charge in [0.15, 0.2) is 0 Å². The molecule has 1 aromatic heterocycles. The number of hydrogen-bond acceptors (Lipinski definition) is 3. The number of carbonyl (C=O) groups is 1. The van der Waals surface area contributed by atoms with Crippen LogP contribution in [0.1, 0.15) is 54.9 Å². The summed E-state index contributed by atoms with van der Waals surface area (Å²) in [6.07, 6.45) is 2.25. The van der Waals surface area contributed by atoms with E-state index in [2.05, 4.69) is 48.5 Å². The molecule has 1 N–H and O–H groups in total. The van der Waals surface area contributed by atoms with Crippen LogP contribution in [-0.2, 0) is 17.7 Å². The second-order valence-electron chi connectivity index (χ2n) is 8.07. The quantitative estimate of drug-likeness (QED) is 0.851. The number of aryl methyl sites for hydroxylation is 1. The lowest BCUT2D eigenvalue weighted by Crippen LogP contribution is -2.62. The molecule has 2 heterocycles. The molecular formula is C22H29N3O2. The summed E-state index contributed by atoms with van der Waals surface area (Å²) in [5, 5.41) is 7.91. The lowest BCUT2D eigenvalue weighted by atomic mass is 9.64. The molecule has 2 aromatic rings. The van der Waals surface area contributed by atoms with Gasteiger partial charge >= 0.3 is 0 Å². The van der Waals surface area contributed by atoms with Crippen LogP contribution < -0.4 is 5.32 Å². The molecule has 1 saturated carbocycles. The highest BCUT2D eigenvalue weighted by Crippen LogP contribution is 2.45. The maximum Gasteiger partial charge on any atom is 0.269 e. The Bertz CT molecular complexity index is 799. The number of nitrogens with zero attached hydrogens (tertiary/aromatic N) is 2. The fourth-order valence-corrected chi connectivity index (χ4v) is 4.54. The number of carbonyl (C=O) groups excluding carboxylic acids is 1. The Morgan fingerprint density at radius 2 is 2.11 bits per heavy atom. The Balaban J connectivity index is 1.51. The van der Waals surface area contributed by atoms with Crippen molar-refractivity contribution in [2.75, 3.05) is 6.61 Å². The lowest BCUT2D eigenvalue weighted by molar-refractivity contribution is -0.0528. The molecule has 1 aromatic carbocycles. The molecule has 1 aliphatic carbocycles. The number of aromatic nitrogens is 2. The van der Waals surface area contributed by atoms with Crippen molar-refractivity contribution in [2.45, 2.75) is 58.2 Å². The molecule has 1 saturated heterocycles. The number of ether oxygens (including phenoxy) is 1. The van der Waals surface area contributed by atoms with Gasteiger partial charge in [0.2, 0.25) is 0 Å². The summed E-state index contributed by atoms with van der Waals surface area (Å²) < 4.78 is 7.78. The predicted molar refractivity (Wildman–Crippen MR) is 105 cm³/mol. The first-order valence-electron chi connectivity index (χ1n) is 10.1. The zero-order valence-electron chi connectivity index (χ0n) is 16.4. The Kier molecular flexibility index (Phi) is 5.04. The first kappa shape index (κ1) is 18.2. The van der Waals surface area contributed by atoms with E-state index in [1.807, 2.05) is 23.7 Å². The molecule has 0 unspecified atom stereocenters. The molecule has 2 fully saturated rings. The maximum absolute atomic E-state index is 13.0. The van der Waals surface area contributed by atoms with Gasteiger partial charge in [-0.2, -0.15) is 5.10 Å². The number of nitrogens with one attached hydrogen (secondary N) is 1. The summed E-state index contributed by atoms with van der Waals surface area (Å²) in [6, 6.07) is 12.6. The summed E-state index contributed by atoms with van der Waals surface area (Å²) in [6.45, 7) is 7.73. The van der Waals surface area contributed by atoms with Crippen molar-refractivity contribution < 1.29 is 9.53 Å². The van der Waals surface area contributed by atoms with Crippen LogP contribution in [0.2, 0.25) is 0 Å². The number of hydrogen-bond donors (Lipinski definition) is 1. The Morgan fingerprint density at radius 3 is 2.81 bits per heavy atom. The van der Waals surface area contributed by atoms with Crippen LogP contribution in [0.25, 0.3) is 0 Å². The molecule has 0 spiro atoms. The van der Waals surface area contributed by atoms with Gasteiger partial charge in [-0.25, -0.2) is 0 Å². The van der Waals surface area contributed by atoms with Gasteiger partial charge in [0, 0.05) is 31.0 Å². The molecule has 2 aliphatic rings. The zero-order chi connectivity index (χ0) is 19.0. The molecule has 144 valence electrons. The third-order valence-corrected chi connectivity index (χ3v) is 6.06. The van der Waals surface area contributed by atoms with Gasteiger partial charge < -0.3 is 10.1 Å². The van der Waals surface area contributed by atoms with Crippen molar-refractivity contribution in [3.8, 4) is 0 Å². The van der Waals surface area contributed by atoms with Crippen LogP contribution in [-0.4, -0.2) is 34.4 Å². The predicted octanol–water partition coefficient (Wildman–Crippen LogP) is 3.40. The smallest absolute Gasteiger partial charge is 0.269 e. The largest absolute Gasteiger partial charge is 0.377 e. The minimum atomic E-state index is -0.00957. The number of benzene rings is 1. The SMILES string of the molecule is CCn1nc(C(C)C)cc1C(=O)N[C@@H]1[C@@H](Cc2ccccc2)[C@H]2OCC[C@@H]12. The number of rotatable bonds is 6. The summed E-state index contributed by atoms with van der Waals surface area (Å²) in [7, 11) is 0. The second kappa shape index (κ2) is 7.47. The Hall–Kier alpha value is -2.14. The summed E-state index contributed by atoms with van der Waals surface area (Å²) in [5.74, 6) is 1.08. The monoisotopic (exact) mass is 367 g/mol. The van der Waals surface area contributed by atoms with Crippen molar-refractivity contribution >= 4 is 5.91 Å². The number of fused-ring (bicyclic) bond motifs is 1. The van der Waals surface area contributed by atoms with Crippen LogP contribution in [0.4, 0.5) is 0 Å². The molecule has 4 atom stereocenters. The van der Waals surface area contributed by atoms with Gasteiger partial charge in [-0.15, -0.1) is 0 Å². The molecule has 5 heteroatoms. The lowest BCUT2D eigenvalue weighted by Gasteiger charge is -2.48. The van der Waals surface area contributed by atoms with Crippen LogP contribution in [0.15, 0.2) is 36.4 Å². The van der Waals surface area contributed by atoms with E-state index in [4.69, 9.17) is 4.74 Å². The van der Waals surface area contributed by atoms with Gasteiger partial charge in [-0.1, -0.05) is 44.2 Å². The minimum absolute atomic E-state index is 0.00957. The third-order valence-electron chi connectivity index (χ3n) is 6.06. The van der Waals surface area contributed by atoms with Crippen molar-refractivity contribution in [3.05, 3.63) is 53.3 Å². The average molecular weight is 367 g/mol. The van der Waals surface area contributed by atoms with E-state index in [0.29, 0.717) is 30.0 Å². The van der Waals surface area contributed by atoms with Gasteiger partial charge in [0.05, 0.1) is 11.8 Å². The second-order valence-corrected chi connectivity index (χ2v) is 8.07. The van der Waals surface area contributed by atoms with Gasteiger partial charge in [-0.05, 0) is 37.3 Å². The summed E-state index contributed by atoms with van der Waals surface area (Å²) >= 11 is 0. The Morgan fingerprint density at radius 1 is 1.33 bits per heavy atom. The standard InChI is InChI=1S/C22H29N3O2/c1-4-25-19(13-18(24-25)14(2)3)22(26)23-20-16-10-11-27-21(16)17(20)12-15-8-6-5-7-9-15/h5-9,13-14,16-17,20-21H,4,10-12H2,1-3H3,(H,23,26)/t16-,17+,20-,21-/m0/s1. The van der Waals surface area contributed by atoms with Crippen molar-refractivity contribution in [1.29, 1.82) is 0 Å². The normalized spacial score (nSPS) is 26.7. The fourth-order valence-electron chi connectivity index (χ4n) is 4.54. The maximum atomic E-state index is 13.0. The zero-order valence-corrected chi connectivity index (χ0v) is 16.4. The topological polar surface area (TPSA) is 56.2 Å². The summed E-state index contributed by atoms with van der Waals surface area (Å²) in [5.41, 5.74) is 2.94. The highest BCUT2D eigenvalue weighted by molar-refractivity contribution is 5.93. The fraction of sp³-hybridized carbons (Fsp3) is 0.545. The highest BCUT2D eigenvalue weighted by atomic mass is 16.5. The average Bonchev–Trinajstić information content (AvgIpc) is 3.30. The molecule has 27 heavy (non-hydrogen) atoms. The van der Waals surface area contributed by atoms with Crippen molar-refractivity contribution in [2.24, 2.45) is 11.8 Å². The van der Waals surface area contributed by atoms with E-state index in [-0.39, 0.29) is 18.1 Å². The Labute approximate surface area is 161 Å². The minimum Gasteiger partial charge on any atom is -0.377 e. The molecular weight excluding hydrogens is 338 g/mol. The van der Waals surface area contributed by atoms with Crippen molar-refractivity contribution in [1.82, 2.24) is 15.1 Å². The van der Waals surface area contributed by atoms with E-state index in [1.54, 1.807) is 0 Å². The molecule has 0 radical (unpaired) electrons. The van der Waals surface area contributed by atoms with E-state index in [0.717, 1.165) is 25.1 Å². The van der Waals surface area contributed by atoms with Crippen LogP contribution in [0.5, 0.6) is 0 Å². The molecule has 0 bridgehead atoms. The molecule has 1 amide bonds. The van der Waals surface area contributed by atoms with E-state index in [1.165, 1.54) is 5.56 Å². The van der Waals surface area contributed by atoms with Crippen LogP contribution in [0, 0.1) is 11.8 Å². The van der Waals surface area contributed by atoms with Gasteiger partial charge in [0.1, 0.15) is 5.69 Å². The van der Waals surface area contributed by atoms with Crippen LogP contribution >= 0.6 is 0 Å². The first-order valence-corrected chi connectivity index (χ1v) is 10.1. The molecule has 5 nitrogen and oxygen atoms in total. The number of amides is 1. The van der Waals surface area contributed by atoms with Crippen molar-refractivity contribution in [3.63, 3.8) is 0 Å².